The molecule has 4 heteroatoms. The van der Waals surface area contributed by atoms with Crippen LogP contribution in [0.15, 0.2) is 18.2 Å². The van der Waals surface area contributed by atoms with Crippen molar-refractivity contribution in [2.75, 3.05) is 0 Å². The maximum atomic E-state index is 8.96. The Hall–Kier alpha value is -0.505. The molecule has 0 amide bonds. The van der Waals surface area contributed by atoms with Crippen LogP contribution in [0.4, 0.5) is 0 Å². The molecule has 0 radical (unpaired) electrons. The van der Waals surface area contributed by atoms with Crippen molar-refractivity contribution in [2.45, 2.75) is 13.2 Å². The molecular formula is C8H10BClO2. The van der Waals surface area contributed by atoms with Crippen molar-refractivity contribution >= 4 is 24.2 Å². The Morgan fingerprint density at radius 3 is 3.00 bits per heavy atom. The molecule has 0 saturated heterocycles. The predicted molar refractivity (Wildman–Crippen MR) is 50.7 cm³/mol. The van der Waals surface area contributed by atoms with Crippen molar-refractivity contribution in [2.24, 2.45) is 0 Å². The first-order valence-electron chi connectivity index (χ1n) is 5.73. The molecule has 0 saturated carbocycles. The van der Waals surface area contributed by atoms with Crippen LogP contribution >= 0.6 is 11.6 Å². The average Bonchev–Trinajstić information content (AvgIpc) is 2.15. The molecule has 1 rings (SSSR count). The molecule has 1 aromatic rings. The van der Waals surface area contributed by atoms with Crippen molar-refractivity contribution < 1.29 is 16.9 Å². The summed E-state index contributed by atoms with van der Waals surface area (Å²) in [6, 6.07) is 3.56. The van der Waals surface area contributed by atoms with Gasteiger partial charge in [0.1, 0.15) is 0 Å². The first-order chi connectivity index (χ1) is 7.57. The molecular weight excluding hydrogens is 174 g/mol. The lowest BCUT2D eigenvalue weighted by molar-refractivity contribution is 0.425. The van der Waals surface area contributed by atoms with E-state index in [4.69, 9.17) is 28.5 Å². The van der Waals surface area contributed by atoms with Crippen LogP contribution in [0.1, 0.15) is 19.3 Å². The molecule has 2 nitrogen and oxygen atoms in total. The van der Waals surface area contributed by atoms with Crippen LogP contribution in [0.25, 0.3) is 0 Å². The van der Waals surface area contributed by atoms with Crippen LogP contribution in [0, 0.1) is 0 Å². The summed E-state index contributed by atoms with van der Waals surface area (Å²) in [4.78, 5) is 0. The van der Waals surface area contributed by atoms with Gasteiger partial charge in [-0.3, -0.25) is 0 Å². The molecule has 0 aliphatic carbocycles. The van der Waals surface area contributed by atoms with Gasteiger partial charge in [0.15, 0.2) is 0 Å². The van der Waals surface area contributed by atoms with Crippen LogP contribution in [0.5, 0.6) is 0 Å². The number of halogens is 1. The topological polar surface area (TPSA) is 40.5 Å². The van der Waals surface area contributed by atoms with E-state index < -0.39 is 20.3 Å². The van der Waals surface area contributed by atoms with E-state index in [1.807, 2.05) is 0 Å². The van der Waals surface area contributed by atoms with Gasteiger partial charge >= 0.3 is 7.12 Å². The average molecular weight is 189 g/mol. The second-order valence-electron chi connectivity index (χ2n) is 2.24. The van der Waals surface area contributed by atoms with E-state index in [0.717, 1.165) is 6.07 Å². The second kappa shape index (κ2) is 3.94. The van der Waals surface area contributed by atoms with Crippen LogP contribution < -0.4 is 5.46 Å². The molecule has 64 valence electrons. The van der Waals surface area contributed by atoms with E-state index in [0.29, 0.717) is 0 Å². The number of hydrogen-bond acceptors (Lipinski definition) is 2. The second-order valence-corrected chi connectivity index (χ2v) is 2.65. The molecule has 0 fully saturated rings. The van der Waals surface area contributed by atoms with Gasteiger partial charge in [0.25, 0.3) is 0 Å². The van der Waals surface area contributed by atoms with Crippen molar-refractivity contribution in [1.29, 1.82) is 0 Å². The van der Waals surface area contributed by atoms with E-state index in [1.54, 1.807) is 0 Å². The normalized spacial score (nSPS) is 18.4. The summed E-state index contributed by atoms with van der Waals surface area (Å²) in [5.41, 5.74) is -0.303. The zero-order valence-corrected chi connectivity index (χ0v) is 6.84. The molecule has 0 aliphatic heterocycles. The fourth-order valence-electron chi connectivity index (χ4n) is 0.799. The Morgan fingerprint density at radius 1 is 1.67 bits per heavy atom. The molecule has 0 unspecified atom stereocenters. The highest BCUT2D eigenvalue weighted by molar-refractivity contribution is 6.58. The minimum Gasteiger partial charge on any atom is -0.423 e. The Labute approximate surface area is 84.0 Å². The predicted octanol–water partition coefficient (Wildman–Crippen LogP) is 0.582. The number of benzene rings is 1. The number of aryl methyl sites for hydroxylation is 1. The Morgan fingerprint density at radius 2 is 2.42 bits per heavy atom. The van der Waals surface area contributed by atoms with Gasteiger partial charge in [-0.2, -0.15) is 0 Å². The molecule has 0 bridgehead atoms. The fourth-order valence-corrected chi connectivity index (χ4v) is 0.964. The highest BCUT2D eigenvalue weighted by Gasteiger charge is 2.11. The van der Waals surface area contributed by atoms with Crippen LogP contribution in [0.3, 0.4) is 0 Å². The number of hydrogen-bond donors (Lipinski definition) is 2. The van der Waals surface area contributed by atoms with Crippen molar-refractivity contribution in [1.82, 2.24) is 0 Å². The third-order valence-electron chi connectivity index (χ3n) is 1.42. The SMILES string of the molecule is [2H]C([2H])([2H])C([2H])([2H])c1cc(B(O)O)ccc1Cl. The van der Waals surface area contributed by atoms with Crippen molar-refractivity contribution in [3.63, 3.8) is 0 Å². The standard InChI is InChI=1S/C8H10BClO2/c1-2-6-5-7(9(11)12)3-4-8(6)10/h3-5,11-12H,2H2,1H3/i1D3,2D2. The first-order valence-corrected chi connectivity index (χ1v) is 3.61. The molecule has 0 heterocycles. The Balaban J connectivity index is 3.35. The minimum absolute atomic E-state index is 0.0162. The van der Waals surface area contributed by atoms with E-state index in [-0.39, 0.29) is 16.0 Å². The lowest BCUT2D eigenvalue weighted by atomic mass is 9.79. The van der Waals surface area contributed by atoms with Crippen LogP contribution in [-0.2, 0) is 6.37 Å². The van der Waals surface area contributed by atoms with Gasteiger partial charge in [0.2, 0.25) is 0 Å². The lowest BCUT2D eigenvalue weighted by Crippen LogP contribution is -2.29. The molecule has 1 aromatic carbocycles. The van der Waals surface area contributed by atoms with E-state index in [2.05, 4.69) is 0 Å². The first kappa shape index (κ1) is 4.65. The van der Waals surface area contributed by atoms with E-state index in [1.165, 1.54) is 12.1 Å². The zero-order valence-electron chi connectivity index (χ0n) is 11.1. The Bertz CT molecular complexity index is 421. The zero-order chi connectivity index (χ0) is 13.4. The quantitative estimate of drug-likeness (QED) is 0.668. The summed E-state index contributed by atoms with van der Waals surface area (Å²) >= 11 is 5.74. The highest BCUT2D eigenvalue weighted by Crippen LogP contribution is 2.13. The summed E-state index contributed by atoms with van der Waals surface area (Å²) in [5, 5.41) is 17.8. The van der Waals surface area contributed by atoms with Gasteiger partial charge in [-0.25, -0.2) is 0 Å². The molecule has 0 aromatic heterocycles. The van der Waals surface area contributed by atoms with Crippen molar-refractivity contribution in [3.8, 4) is 0 Å². The van der Waals surface area contributed by atoms with Crippen molar-refractivity contribution in [3.05, 3.63) is 28.8 Å². The maximum absolute atomic E-state index is 8.96. The maximum Gasteiger partial charge on any atom is 0.488 e. The summed E-state index contributed by atoms with van der Waals surface area (Å²) in [6.45, 7) is -2.89. The summed E-state index contributed by atoms with van der Waals surface area (Å²) in [6.07, 6.45) is -2.66. The smallest absolute Gasteiger partial charge is 0.423 e. The molecule has 2 N–H and O–H groups in total. The molecule has 0 spiro atoms. The molecule has 0 aliphatic rings. The third kappa shape index (κ3) is 2.00. The Kier molecular flexibility index (Phi) is 1.53. The minimum atomic E-state index is -2.89. The van der Waals surface area contributed by atoms with Gasteiger partial charge in [-0.1, -0.05) is 30.6 Å². The van der Waals surface area contributed by atoms with Gasteiger partial charge in [-0.15, -0.1) is 0 Å². The van der Waals surface area contributed by atoms with Gasteiger partial charge in [0.05, 0.1) is 0 Å². The molecule has 12 heavy (non-hydrogen) atoms. The van der Waals surface area contributed by atoms with Crippen LogP contribution in [-0.4, -0.2) is 17.2 Å². The fraction of sp³-hybridized carbons (Fsp3) is 0.250. The largest absolute Gasteiger partial charge is 0.488 e. The summed E-state index contributed by atoms with van der Waals surface area (Å²) in [7, 11) is -1.81. The van der Waals surface area contributed by atoms with Gasteiger partial charge in [0, 0.05) is 11.9 Å². The monoisotopic (exact) mass is 189 g/mol. The van der Waals surface area contributed by atoms with Gasteiger partial charge < -0.3 is 10.0 Å². The summed E-state index contributed by atoms with van der Waals surface area (Å²) in [5.74, 6) is 0. The van der Waals surface area contributed by atoms with Crippen LogP contribution in [0.2, 0.25) is 5.02 Å². The molecule has 0 atom stereocenters. The highest BCUT2D eigenvalue weighted by atomic mass is 35.5. The number of rotatable bonds is 2. The lowest BCUT2D eigenvalue weighted by Gasteiger charge is -2.04. The van der Waals surface area contributed by atoms with E-state index in [9.17, 15) is 0 Å². The van der Waals surface area contributed by atoms with Gasteiger partial charge in [-0.05, 0) is 23.5 Å². The van der Waals surface area contributed by atoms with E-state index >= 15 is 0 Å². The third-order valence-corrected chi connectivity index (χ3v) is 1.75. The summed E-state index contributed by atoms with van der Waals surface area (Å²) < 4.78 is 36.5.